The molecule has 66 valence electrons. The van der Waals surface area contributed by atoms with Gasteiger partial charge in [0.15, 0.2) is 0 Å². The molecule has 0 spiro atoms. The molecule has 0 aromatic heterocycles. The van der Waals surface area contributed by atoms with Crippen molar-refractivity contribution in [3.8, 4) is 0 Å². The van der Waals surface area contributed by atoms with Crippen LogP contribution in [-0.2, 0) is 4.79 Å². The molecular weight excluding hydrogens is 237 g/mol. The minimum Gasteiger partial charge on any atom is -0.302 e. The lowest BCUT2D eigenvalue weighted by Crippen LogP contribution is -2.28. The van der Waals surface area contributed by atoms with Gasteiger partial charge in [-0.25, -0.2) is 13.2 Å². The largest absolute Gasteiger partial charge is 0.302 e. The average Bonchev–Trinajstić information content (AvgIpc) is 1.82. The SMILES string of the molecule is O=CC1C(F)=CC(F)=CC1(F)Br. The van der Waals surface area contributed by atoms with Crippen LogP contribution in [0.1, 0.15) is 0 Å². The fraction of sp³-hybridized carbons (Fsp3) is 0.286. The van der Waals surface area contributed by atoms with Gasteiger partial charge in [-0.15, -0.1) is 0 Å². The Labute approximate surface area is 75.1 Å². The average molecular weight is 241 g/mol. The summed E-state index contributed by atoms with van der Waals surface area (Å²) in [5.41, 5.74) is 0. The van der Waals surface area contributed by atoms with E-state index in [-0.39, 0.29) is 6.29 Å². The Morgan fingerprint density at radius 3 is 2.58 bits per heavy atom. The third-order valence-corrected chi connectivity index (χ3v) is 2.18. The Bertz CT molecular complexity index is 270. The third kappa shape index (κ3) is 1.60. The number of carbonyl (C=O) groups is 1. The molecule has 1 nitrogen and oxygen atoms in total. The second-order valence-corrected chi connectivity index (χ2v) is 3.56. The molecule has 0 aliphatic heterocycles. The zero-order chi connectivity index (χ0) is 9.35. The predicted molar refractivity (Wildman–Crippen MR) is 40.7 cm³/mol. The highest BCUT2D eigenvalue weighted by Crippen LogP contribution is 2.40. The van der Waals surface area contributed by atoms with Crippen molar-refractivity contribution in [3.05, 3.63) is 23.8 Å². The molecule has 0 saturated heterocycles. The minimum atomic E-state index is -2.45. The van der Waals surface area contributed by atoms with E-state index in [1.165, 1.54) is 0 Å². The zero-order valence-electron chi connectivity index (χ0n) is 5.73. The van der Waals surface area contributed by atoms with Crippen molar-refractivity contribution in [2.45, 2.75) is 4.58 Å². The molecule has 0 heterocycles. The van der Waals surface area contributed by atoms with Crippen LogP contribution in [0.4, 0.5) is 13.2 Å². The zero-order valence-corrected chi connectivity index (χ0v) is 7.32. The van der Waals surface area contributed by atoms with Crippen LogP contribution in [0.15, 0.2) is 23.8 Å². The first-order valence-electron chi connectivity index (χ1n) is 3.06. The van der Waals surface area contributed by atoms with Crippen LogP contribution < -0.4 is 0 Å². The van der Waals surface area contributed by atoms with Gasteiger partial charge in [0.1, 0.15) is 23.9 Å². The lowest BCUT2D eigenvalue weighted by atomic mass is 9.98. The van der Waals surface area contributed by atoms with Crippen molar-refractivity contribution in [1.82, 2.24) is 0 Å². The quantitative estimate of drug-likeness (QED) is 0.509. The van der Waals surface area contributed by atoms with Gasteiger partial charge in [0, 0.05) is 12.2 Å². The molecule has 0 N–H and O–H groups in total. The molecule has 0 bridgehead atoms. The van der Waals surface area contributed by atoms with Crippen molar-refractivity contribution >= 4 is 22.2 Å². The number of halogens is 4. The molecule has 1 rings (SSSR count). The number of alkyl halides is 2. The van der Waals surface area contributed by atoms with E-state index in [9.17, 15) is 18.0 Å². The molecule has 0 saturated carbocycles. The van der Waals surface area contributed by atoms with Crippen LogP contribution in [0.25, 0.3) is 0 Å². The topological polar surface area (TPSA) is 17.1 Å². The first-order valence-corrected chi connectivity index (χ1v) is 3.85. The molecule has 1 aliphatic rings. The maximum absolute atomic E-state index is 13.1. The summed E-state index contributed by atoms with van der Waals surface area (Å²) in [6.07, 6.45) is 1.08. The summed E-state index contributed by atoms with van der Waals surface area (Å²) in [5.74, 6) is -3.76. The van der Waals surface area contributed by atoms with E-state index >= 15 is 0 Å². The highest BCUT2D eigenvalue weighted by Gasteiger charge is 2.40. The summed E-state index contributed by atoms with van der Waals surface area (Å²) in [6, 6.07) is 0. The number of hydrogen-bond donors (Lipinski definition) is 0. The van der Waals surface area contributed by atoms with Crippen LogP contribution >= 0.6 is 15.9 Å². The minimum absolute atomic E-state index is 0.0868. The van der Waals surface area contributed by atoms with Crippen molar-refractivity contribution in [2.24, 2.45) is 5.92 Å². The van der Waals surface area contributed by atoms with Gasteiger partial charge in [-0.1, -0.05) is 0 Å². The van der Waals surface area contributed by atoms with Crippen LogP contribution in [0.3, 0.4) is 0 Å². The van der Waals surface area contributed by atoms with Gasteiger partial charge in [-0.3, -0.25) is 0 Å². The number of carbonyl (C=O) groups excluding carboxylic acids is 1. The smallest absolute Gasteiger partial charge is 0.202 e. The molecule has 1 aliphatic carbocycles. The number of aldehydes is 1. The van der Waals surface area contributed by atoms with E-state index < -0.39 is 22.1 Å². The number of hydrogen-bond acceptors (Lipinski definition) is 1. The Morgan fingerprint density at radius 1 is 1.58 bits per heavy atom. The standard InChI is InChI=1S/C7H4BrF3O/c8-7(11)2-4(9)1-6(10)5(7)3-12/h1-3,5H. The van der Waals surface area contributed by atoms with Crippen LogP contribution in [0.5, 0.6) is 0 Å². The van der Waals surface area contributed by atoms with Crippen molar-refractivity contribution in [3.63, 3.8) is 0 Å². The third-order valence-electron chi connectivity index (χ3n) is 1.45. The van der Waals surface area contributed by atoms with Gasteiger partial charge < -0.3 is 4.79 Å². The molecule has 0 aromatic rings. The highest BCUT2D eigenvalue weighted by atomic mass is 79.9. The first-order chi connectivity index (χ1) is 5.47. The van der Waals surface area contributed by atoms with Gasteiger partial charge in [0.05, 0.1) is 0 Å². The van der Waals surface area contributed by atoms with Gasteiger partial charge >= 0.3 is 0 Å². The van der Waals surface area contributed by atoms with Crippen molar-refractivity contribution in [2.75, 3.05) is 0 Å². The first kappa shape index (κ1) is 9.51. The lowest BCUT2D eigenvalue weighted by molar-refractivity contribution is -0.112. The van der Waals surface area contributed by atoms with Crippen molar-refractivity contribution < 1.29 is 18.0 Å². The predicted octanol–water partition coefficient (Wildman–Crippen LogP) is 2.58. The van der Waals surface area contributed by atoms with Crippen molar-refractivity contribution in [1.29, 1.82) is 0 Å². The Balaban J connectivity index is 3.07. The monoisotopic (exact) mass is 240 g/mol. The fourth-order valence-electron chi connectivity index (χ4n) is 0.876. The number of allylic oxidation sites excluding steroid dienone is 4. The Morgan fingerprint density at radius 2 is 2.17 bits per heavy atom. The summed E-state index contributed by atoms with van der Waals surface area (Å²) in [6.45, 7) is 0. The molecule has 2 unspecified atom stereocenters. The van der Waals surface area contributed by atoms with Crippen LogP contribution in [-0.4, -0.2) is 10.9 Å². The van der Waals surface area contributed by atoms with E-state index in [4.69, 9.17) is 0 Å². The summed E-state index contributed by atoms with van der Waals surface area (Å²) >= 11 is 2.40. The molecule has 0 radical (unpaired) electrons. The fourth-order valence-corrected chi connectivity index (χ4v) is 1.42. The molecule has 0 amide bonds. The van der Waals surface area contributed by atoms with E-state index in [2.05, 4.69) is 15.9 Å². The number of rotatable bonds is 1. The highest BCUT2D eigenvalue weighted by molar-refractivity contribution is 9.10. The summed E-state index contributed by atoms with van der Waals surface area (Å²) in [7, 11) is 0. The molecule has 5 heteroatoms. The van der Waals surface area contributed by atoms with Crippen LogP contribution in [0, 0.1) is 5.92 Å². The lowest BCUT2D eigenvalue weighted by Gasteiger charge is -2.22. The van der Waals surface area contributed by atoms with Gasteiger partial charge in [-0.2, -0.15) is 0 Å². The summed E-state index contributed by atoms with van der Waals surface area (Å²) in [5, 5.41) is 0. The van der Waals surface area contributed by atoms with Gasteiger partial charge in [0.2, 0.25) is 4.58 Å². The second-order valence-electron chi connectivity index (χ2n) is 2.35. The van der Waals surface area contributed by atoms with E-state index in [1.807, 2.05) is 0 Å². The Kier molecular flexibility index (Phi) is 2.41. The second kappa shape index (κ2) is 3.05. The van der Waals surface area contributed by atoms with Gasteiger partial charge in [0.25, 0.3) is 0 Å². The molecular formula is C7H4BrF3O. The summed E-state index contributed by atoms with van der Waals surface area (Å²) < 4.78 is 35.7. The van der Waals surface area contributed by atoms with Gasteiger partial charge in [-0.05, 0) is 15.9 Å². The van der Waals surface area contributed by atoms with E-state index in [1.54, 1.807) is 0 Å². The van der Waals surface area contributed by atoms with Crippen LogP contribution in [0.2, 0.25) is 0 Å². The summed E-state index contributed by atoms with van der Waals surface area (Å²) in [4.78, 5) is 10.2. The van der Waals surface area contributed by atoms with E-state index in [0.717, 1.165) is 0 Å². The normalized spacial score (nSPS) is 35.5. The Hall–Kier alpha value is -0.580. The molecule has 2 atom stereocenters. The molecule has 0 fully saturated rings. The molecule has 12 heavy (non-hydrogen) atoms. The van der Waals surface area contributed by atoms with E-state index in [0.29, 0.717) is 12.2 Å². The maximum Gasteiger partial charge on any atom is 0.202 e. The maximum atomic E-state index is 13.1. The molecule has 0 aromatic carbocycles.